The molecule has 1 atom stereocenters. The van der Waals surface area contributed by atoms with Crippen LogP contribution in [0.1, 0.15) is 12.8 Å². The van der Waals surface area contributed by atoms with E-state index in [9.17, 15) is 8.42 Å². The third kappa shape index (κ3) is 3.97. The third-order valence-electron chi connectivity index (χ3n) is 4.48. The van der Waals surface area contributed by atoms with E-state index >= 15 is 0 Å². The topological polar surface area (TPSA) is 66.4 Å². The number of fused-ring (bicyclic) bond motifs is 1. The van der Waals surface area contributed by atoms with Crippen molar-refractivity contribution in [3.8, 4) is 0 Å². The first-order valence-electron chi connectivity index (χ1n) is 7.91. The molecule has 0 aliphatic carbocycles. The average molecular weight is 460 g/mol. The first kappa shape index (κ1) is 17.8. The number of benzene rings is 1. The van der Waals surface area contributed by atoms with Crippen LogP contribution < -0.4 is 4.90 Å². The normalized spacial score (nSPS) is 19.2. The number of piperidine rings is 1. The van der Waals surface area contributed by atoms with Crippen molar-refractivity contribution in [3.05, 3.63) is 28.1 Å². The van der Waals surface area contributed by atoms with Crippen molar-refractivity contribution in [2.24, 2.45) is 5.92 Å². The van der Waals surface area contributed by atoms with E-state index < -0.39 is 10.0 Å². The Bertz CT molecular complexity index is 843. The smallest absolute Gasteiger partial charge is 0.210 e. The molecular weight excluding hydrogens is 439 g/mol. The molecule has 1 fully saturated rings. The number of nitrogens with zero attached hydrogens (tertiary/aromatic N) is 4. The number of hydrogen-bond acceptors (Lipinski definition) is 5. The first-order chi connectivity index (χ1) is 11.3. The molecule has 1 aromatic heterocycles. The third-order valence-corrected chi connectivity index (χ3v) is 6.43. The molecule has 2 aromatic rings. The molecule has 1 aromatic carbocycles. The molecule has 2 heterocycles. The van der Waals surface area contributed by atoms with Crippen molar-refractivity contribution < 1.29 is 8.42 Å². The summed E-state index contributed by atoms with van der Waals surface area (Å²) in [7, 11) is -1.49. The highest BCUT2D eigenvalue weighted by molar-refractivity contribution is 14.1. The summed E-state index contributed by atoms with van der Waals surface area (Å²) < 4.78 is 25.9. The van der Waals surface area contributed by atoms with Gasteiger partial charge < -0.3 is 4.90 Å². The molecule has 1 unspecified atom stereocenters. The van der Waals surface area contributed by atoms with Gasteiger partial charge in [0.2, 0.25) is 10.0 Å². The largest absolute Gasteiger partial charge is 0.356 e. The van der Waals surface area contributed by atoms with Crippen LogP contribution in [0.15, 0.2) is 24.5 Å². The highest BCUT2D eigenvalue weighted by Crippen LogP contribution is 2.28. The maximum absolute atomic E-state index is 11.7. The summed E-state index contributed by atoms with van der Waals surface area (Å²) >= 11 is 2.30. The van der Waals surface area contributed by atoms with Crippen LogP contribution >= 0.6 is 22.6 Å². The fourth-order valence-electron chi connectivity index (χ4n) is 3.17. The van der Waals surface area contributed by atoms with E-state index in [1.54, 1.807) is 13.4 Å². The molecule has 0 spiro atoms. The minimum atomic E-state index is -3.14. The summed E-state index contributed by atoms with van der Waals surface area (Å²) in [6.45, 7) is 2.31. The van der Waals surface area contributed by atoms with Crippen LogP contribution in [0.2, 0.25) is 0 Å². The van der Waals surface area contributed by atoms with E-state index in [4.69, 9.17) is 0 Å². The van der Waals surface area contributed by atoms with Crippen LogP contribution in [0.4, 0.5) is 5.82 Å². The van der Waals surface area contributed by atoms with Gasteiger partial charge >= 0.3 is 0 Å². The minimum Gasteiger partial charge on any atom is -0.356 e. The molecule has 24 heavy (non-hydrogen) atoms. The quantitative estimate of drug-likeness (QED) is 0.656. The minimum absolute atomic E-state index is 0.311. The van der Waals surface area contributed by atoms with E-state index in [-0.39, 0.29) is 0 Å². The average Bonchev–Trinajstić information content (AvgIpc) is 2.53. The molecule has 0 amide bonds. The van der Waals surface area contributed by atoms with Gasteiger partial charge in [-0.05, 0) is 59.5 Å². The molecule has 0 N–H and O–H groups in total. The van der Waals surface area contributed by atoms with Gasteiger partial charge in [0.05, 0.1) is 11.8 Å². The summed E-state index contributed by atoms with van der Waals surface area (Å²) in [5, 5.41) is 1.06. The molecule has 1 aliphatic rings. The predicted molar refractivity (Wildman–Crippen MR) is 105 cm³/mol. The fourth-order valence-corrected chi connectivity index (χ4v) is 4.15. The molecule has 1 aliphatic heterocycles. The number of hydrogen-bond donors (Lipinski definition) is 0. The Morgan fingerprint density at radius 3 is 2.92 bits per heavy atom. The first-order valence-corrected chi connectivity index (χ1v) is 10.8. The molecule has 1 saturated heterocycles. The predicted octanol–water partition coefficient (Wildman–Crippen LogP) is 2.34. The maximum atomic E-state index is 11.7. The van der Waals surface area contributed by atoms with Gasteiger partial charge in [0.1, 0.15) is 12.1 Å². The van der Waals surface area contributed by atoms with Gasteiger partial charge in [0.25, 0.3) is 0 Å². The Balaban J connectivity index is 1.84. The summed E-state index contributed by atoms with van der Waals surface area (Å²) in [5.74, 6) is 1.26. The van der Waals surface area contributed by atoms with Crippen LogP contribution in [0.5, 0.6) is 0 Å². The van der Waals surface area contributed by atoms with Gasteiger partial charge in [-0.1, -0.05) is 0 Å². The number of rotatable bonds is 4. The Morgan fingerprint density at radius 1 is 1.38 bits per heavy atom. The van der Waals surface area contributed by atoms with E-state index in [2.05, 4.69) is 43.5 Å². The maximum Gasteiger partial charge on any atom is 0.210 e. The van der Waals surface area contributed by atoms with Crippen molar-refractivity contribution in [2.75, 3.05) is 37.8 Å². The van der Waals surface area contributed by atoms with Gasteiger partial charge in [0.15, 0.2) is 0 Å². The van der Waals surface area contributed by atoms with Crippen molar-refractivity contribution in [2.45, 2.75) is 12.8 Å². The SMILES string of the molecule is CN(CC1CCCN(c2ncnc3ccc(I)cc23)C1)S(C)(=O)=O. The molecular formula is C16H21IN4O2S. The van der Waals surface area contributed by atoms with Crippen molar-refractivity contribution in [3.63, 3.8) is 0 Å². The van der Waals surface area contributed by atoms with Crippen LogP contribution in [0.25, 0.3) is 10.9 Å². The van der Waals surface area contributed by atoms with Crippen LogP contribution in [-0.4, -0.2) is 55.6 Å². The molecule has 6 nitrogen and oxygen atoms in total. The molecule has 0 saturated carbocycles. The molecule has 0 bridgehead atoms. The lowest BCUT2D eigenvalue weighted by molar-refractivity contribution is 0.336. The lowest BCUT2D eigenvalue weighted by Gasteiger charge is -2.35. The fraction of sp³-hybridized carbons (Fsp3) is 0.500. The van der Waals surface area contributed by atoms with E-state index in [0.717, 1.165) is 46.2 Å². The van der Waals surface area contributed by atoms with Crippen molar-refractivity contribution in [1.82, 2.24) is 14.3 Å². The number of anilines is 1. The Labute approximate surface area is 156 Å². The highest BCUT2D eigenvalue weighted by Gasteiger charge is 2.25. The van der Waals surface area contributed by atoms with Gasteiger partial charge in [-0.15, -0.1) is 0 Å². The molecule has 3 rings (SSSR count). The second-order valence-electron chi connectivity index (χ2n) is 6.36. The summed E-state index contributed by atoms with van der Waals surface area (Å²) in [5.41, 5.74) is 0.941. The monoisotopic (exact) mass is 460 g/mol. The lowest BCUT2D eigenvalue weighted by Crippen LogP contribution is -2.41. The van der Waals surface area contributed by atoms with Gasteiger partial charge in [0, 0.05) is 35.6 Å². The van der Waals surface area contributed by atoms with Crippen molar-refractivity contribution in [1.29, 1.82) is 0 Å². The standard InChI is InChI=1S/C16H21IN4O2S/c1-20(24(2,22)23)9-12-4-3-7-21(10-12)16-14-8-13(17)5-6-15(14)18-11-19-16/h5-6,8,11-12H,3-4,7,9-10H2,1-2H3. The van der Waals surface area contributed by atoms with Crippen molar-refractivity contribution >= 4 is 49.3 Å². The lowest BCUT2D eigenvalue weighted by atomic mass is 9.98. The Kier molecular flexibility index (Phi) is 5.26. The van der Waals surface area contributed by atoms with Crippen LogP contribution in [0.3, 0.4) is 0 Å². The second-order valence-corrected chi connectivity index (χ2v) is 9.69. The van der Waals surface area contributed by atoms with Crippen LogP contribution in [-0.2, 0) is 10.0 Å². The zero-order valence-electron chi connectivity index (χ0n) is 13.8. The molecule has 0 radical (unpaired) electrons. The number of sulfonamides is 1. The molecule has 130 valence electrons. The Morgan fingerprint density at radius 2 is 2.17 bits per heavy atom. The molecule has 8 heteroatoms. The van der Waals surface area contributed by atoms with Gasteiger partial charge in [-0.2, -0.15) is 0 Å². The van der Waals surface area contributed by atoms with Gasteiger partial charge in [-0.25, -0.2) is 22.7 Å². The van der Waals surface area contributed by atoms with E-state index in [0.29, 0.717) is 12.5 Å². The second kappa shape index (κ2) is 7.09. The van der Waals surface area contributed by atoms with Crippen LogP contribution in [0, 0.1) is 9.49 Å². The summed E-state index contributed by atoms with van der Waals surface area (Å²) in [6.07, 6.45) is 4.94. The zero-order valence-corrected chi connectivity index (χ0v) is 16.8. The van der Waals surface area contributed by atoms with E-state index in [1.165, 1.54) is 10.6 Å². The number of halogens is 1. The summed E-state index contributed by atoms with van der Waals surface area (Å²) in [6, 6.07) is 6.17. The van der Waals surface area contributed by atoms with E-state index in [1.807, 2.05) is 12.1 Å². The zero-order chi connectivity index (χ0) is 17.3. The van der Waals surface area contributed by atoms with Gasteiger partial charge in [-0.3, -0.25) is 0 Å². The highest BCUT2D eigenvalue weighted by atomic mass is 127. The Hall–Kier alpha value is -1.00. The number of aromatic nitrogens is 2. The summed E-state index contributed by atoms with van der Waals surface area (Å²) in [4.78, 5) is 11.1.